The fourth-order valence-electron chi connectivity index (χ4n) is 4.24. The Kier molecular flexibility index (Phi) is 6.14. The van der Waals surface area contributed by atoms with Crippen LogP contribution >= 0.6 is 11.3 Å². The minimum atomic E-state index is -0.770. The molecule has 1 atom stereocenters. The van der Waals surface area contributed by atoms with Crippen LogP contribution in [0.2, 0.25) is 0 Å². The van der Waals surface area contributed by atoms with Gasteiger partial charge < -0.3 is 20.5 Å². The van der Waals surface area contributed by atoms with E-state index in [1.165, 1.54) is 11.3 Å². The lowest BCUT2D eigenvalue weighted by atomic mass is 10.0. The van der Waals surface area contributed by atoms with E-state index in [1.54, 1.807) is 29.2 Å². The number of carbonyl (C=O) groups is 3. The highest BCUT2D eigenvalue weighted by Gasteiger charge is 2.25. The first kappa shape index (κ1) is 21.9. The lowest BCUT2D eigenvalue weighted by molar-refractivity contribution is -0.118. The zero-order chi connectivity index (χ0) is 23.5. The molecule has 3 amide bonds. The van der Waals surface area contributed by atoms with Gasteiger partial charge in [-0.25, -0.2) is 0 Å². The van der Waals surface area contributed by atoms with Crippen molar-refractivity contribution >= 4 is 51.3 Å². The fourth-order valence-corrected chi connectivity index (χ4v) is 4.87. The van der Waals surface area contributed by atoms with Crippen molar-refractivity contribution in [2.45, 2.75) is 25.3 Å². The molecule has 34 heavy (non-hydrogen) atoms. The molecule has 1 aliphatic rings. The zero-order valence-corrected chi connectivity index (χ0v) is 19.2. The smallest absolute Gasteiger partial charge is 0.262 e. The molecular weight excluding hydrogens is 448 g/mol. The second-order valence-corrected chi connectivity index (χ2v) is 9.20. The van der Waals surface area contributed by atoms with E-state index in [4.69, 9.17) is 0 Å². The van der Waals surface area contributed by atoms with Gasteiger partial charge in [-0.15, -0.1) is 11.3 Å². The van der Waals surface area contributed by atoms with Gasteiger partial charge >= 0.3 is 0 Å². The van der Waals surface area contributed by atoms with Crippen molar-refractivity contribution < 1.29 is 14.4 Å². The summed E-state index contributed by atoms with van der Waals surface area (Å²) in [4.78, 5) is 43.6. The number of benzene rings is 2. The fraction of sp³-hybridized carbons (Fsp3) is 0.192. The highest BCUT2D eigenvalue weighted by molar-refractivity contribution is 7.12. The molecule has 0 spiro atoms. The monoisotopic (exact) mass is 472 g/mol. The lowest BCUT2D eigenvalue weighted by Gasteiger charge is -2.19. The van der Waals surface area contributed by atoms with E-state index in [1.807, 2.05) is 48.0 Å². The summed E-state index contributed by atoms with van der Waals surface area (Å²) in [6.45, 7) is 0.714. The first-order valence-electron chi connectivity index (χ1n) is 11.2. The van der Waals surface area contributed by atoms with Gasteiger partial charge in [0.05, 0.1) is 4.88 Å². The van der Waals surface area contributed by atoms with E-state index in [-0.39, 0.29) is 17.7 Å². The minimum Gasteiger partial charge on any atom is -0.361 e. The van der Waals surface area contributed by atoms with Gasteiger partial charge in [0.25, 0.3) is 5.91 Å². The van der Waals surface area contributed by atoms with Gasteiger partial charge in [0, 0.05) is 47.9 Å². The number of thiophene rings is 1. The summed E-state index contributed by atoms with van der Waals surface area (Å²) >= 11 is 1.33. The topological polar surface area (TPSA) is 94.3 Å². The van der Waals surface area contributed by atoms with Gasteiger partial charge in [0.2, 0.25) is 11.8 Å². The second kappa shape index (κ2) is 9.52. The van der Waals surface area contributed by atoms with Crippen LogP contribution < -0.4 is 15.5 Å². The van der Waals surface area contributed by atoms with Gasteiger partial charge in [0.1, 0.15) is 6.04 Å². The normalized spacial score (nSPS) is 14.4. The lowest BCUT2D eigenvalue weighted by Crippen LogP contribution is -2.45. The van der Waals surface area contributed by atoms with Crippen molar-refractivity contribution in [2.75, 3.05) is 16.8 Å². The molecule has 0 unspecified atom stereocenters. The highest BCUT2D eigenvalue weighted by Crippen LogP contribution is 2.24. The predicted molar refractivity (Wildman–Crippen MR) is 134 cm³/mol. The van der Waals surface area contributed by atoms with E-state index in [0.29, 0.717) is 30.0 Å². The maximum atomic E-state index is 13.3. The number of hydrogen-bond donors (Lipinski definition) is 3. The Bertz CT molecular complexity index is 1330. The number of H-pyrrole nitrogens is 1. The third-order valence-corrected chi connectivity index (χ3v) is 6.85. The quantitative estimate of drug-likeness (QED) is 0.374. The van der Waals surface area contributed by atoms with E-state index >= 15 is 0 Å². The Hall–Kier alpha value is -3.91. The molecule has 8 heteroatoms. The van der Waals surface area contributed by atoms with Crippen LogP contribution in [0.25, 0.3) is 10.9 Å². The first-order chi connectivity index (χ1) is 16.6. The summed E-state index contributed by atoms with van der Waals surface area (Å²) in [5.41, 5.74) is 3.36. The number of fused-ring (bicyclic) bond motifs is 1. The van der Waals surface area contributed by atoms with E-state index < -0.39 is 6.04 Å². The average molecular weight is 473 g/mol. The number of rotatable bonds is 7. The second-order valence-electron chi connectivity index (χ2n) is 8.25. The summed E-state index contributed by atoms with van der Waals surface area (Å²) < 4.78 is 0. The van der Waals surface area contributed by atoms with Gasteiger partial charge in [0.15, 0.2) is 0 Å². The third-order valence-electron chi connectivity index (χ3n) is 5.99. The SMILES string of the molecule is O=C(N[C@@H](Cc1c[nH]c2ccccc12)C(=O)Nc1ccc(N2CCCC2=O)cc1)c1cccs1. The van der Waals surface area contributed by atoms with Crippen LogP contribution in [-0.2, 0) is 16.0 Å². The van der Waals surface area contributed by atoms with E-state index in [9.17, 15) is 14.4 Å². The number of amides is 3. The van der Waals surface area contributed by atoms with E-state index in [2.05, 4.69) is 15.6 Å². The molecule has 0 saturated carbocycles. The third kappa shape index (κ3) is 4.58. The molecule has 0 aliphatic carbocycles. The number of para-hydroxylation sites is 1. The van der Waals surface area contributed by atoms with Crippen LogP contribution in [0.5, 0.6) is 0 Å². The molecule has 0 bridgehead atoms. The van der Waals surface area contributed by atoms with Gasteiger partial charge in [-0.1, -0.05) is 24.3 Å². The molecule has 2 aromatic heterocycles. The molecule has 5 rings (SSSR count). The largest absolute Gasteiger partial charge is 0.361 e. The average Bonchev–Trinajstić information content (AvgIpc) is 3.61. The molecule has 1 saturated heterocycles. The Morgan fingerprint density at radius 3 is 2.62 bits per heavy atom. The molecule has 3 N–H and O–H groups in total. The Labute approximate surface area is 200 Å². The molecule has 4 aromatic rings. The zero-order valence-electron chi connectivity index (χ0n) is 18.4. The van der Waals surface area contributed by atoms with Crippen LogP contribution in [0.3, 0.4) is 0 Å². The Balaban J connectivity index is 1.35. The van der Waals surface area contributed by atoms with Crippen molar-refractivity contribution in [3.63, 3.8) is 0 Å². The van der Waals surface area contributed by atoms with E-state index in [0.717, 1.165) is 28.6 Å². The molecule has 7 nitrogen and oxygen atoms in total. The van der Waals surface area contributed by atoms with Gasteiger partial charge in [-0.05, 0) is 53.8 Å². The number of carbonyl (C=O) groups excluding carboxylic acids is 3. The molecule has 1 aliphatic heterocycles. The minimum absolute atomic E-state index is 0.117. The summed E-state index contributed by atoms with van der Waals surface area (Å²) in [5, 5.41) is 8.66. The first-order valence-corrected chi connectivity index (χ1v) is 12.1. The van der Waals surface area contributed by atoms with Crippen molar-refractivity contribution in [3.8, 4) is 0 Å². The van der Waals surface area contributed by atoms with Crippen LogP contribution in [-0.4, -0.2) is 35.3 Å². The van der Waals surface area contributed by atoms with Crippen LogP contribution in [0.1, 0.15) is 28.1 Å². The van der Waals surface area contributed by atoms with Crippen LogP contribution in [0.15, 0.2) is 72.2 Å². The summed E-state index contributed by atoms with van der Waals surface area (Å²) in [5.74, 6) is -0.468. The number of anilines is 2. The number of nitrogens with one attached hydrogen (secondary N) is 3. The summed E-state index contributed by atoms with van der Waals surface area (Å²) in [6.07, 6.45) is 3.64. The van der Waals surface area contributed by atoms with Crippen LogP contribution in [0, 0.1) is 0 Å². The van der Waals surface area contributed by atoms with Gasteiger partial charge in [-0.2, -0.15) is 0 Å². The van der Waals surface area contributed by atoms with Crippen LogP contribution in [0.4, 0.5) is 11.4 Å². The van der Waals surface area contributed by atoms with Gasteiger partial charge in [-0.3, -0.25) is 14.4 Å². The maximum Gasteiger partial charge on any atom is 0.262 e. The standard InChI is InChI=1S/C26H24N4O3S/c31-24-8-3-13-30(24)19-11-9-18(10-12-19)28-25(32)22(29-26(33)23-7-4-14-34-23)15-17-16-27-21-6-2-1-5-20(17)21/h1-2,4-7,9-12,14,16,22,27H,3,8,13,15H2,(H,28,32)(H,29,33)/t22-/m0/s1. The molecule has 2 aromatic carbocycles. The van der Waals surface area contributed by atoms with Crippen molar-refractivity contribution in [1.82, 2.24) is 10.3 Å². The number of hydrogen-bond acceptors (Lipinski definition) is 4. The highest BCUT2D eigenvalue weighted by atomic mass is 32.1. The van der Waals surface area contributed by atoms with Crippen molar-refractivity contribution in [1.29, 1.82) is 0 Å². The number of aromatic nitrogens is 1. The molecule has 1 fully saturated rings. The molecule has 172 valence electrons. The molecule has 0 radical (unpaired) electrons. The Morgan fingerprint density at radius 1 is 1.06 bits per heavy atom. The van der Waals surface area contributed by atoms with Crippen molar-refractivity contribution in [3.05, 3.63) is 82.7 Å². The maximum absolute atomic E-state index is 13.3. The molecule has 3 heterocycles. The Morgan fingerprint density at radius 2 is 1.88 bits per heavy atom. The van der Waals surface area contributed by atoms with Crippen molar-refractivity contribution in [2.24, 2.45) is 0 Å². The summed E-state index contributed by atoms with van der Waals surface area (Å²) in [6, 6.07) is 17.9. The number of aromatic amines is 1. The number of nitrogens with zero attached hydrogens (tertiary/aromatic N) is 1. The molecular formula is C26H24N4O3S. The predicted octanol–water partition coefficient (Wildman–Crippen LogP) is 4.34. The summed E-state index contributed by atoms with van der Waals surface area (Å²) in [7, 11) is 0.